The molecule has 0 unspecified atom stereocenters. The molecule has 1 amide bonds. The van der Waals surface area contributed by atoms with Gasteiger partial charge in [0.2, 0.25) is 5.91 Å². The minimum atomic E-state index is -0.00136. The largest absolute Gasteiger partial charge is 0.379 e. The summed E-state index contributed by atoms with van der Waals surface area (Å²) in [5, 5.41) is 11.0. The van der Waals surface area contributed by atoms with Gasteiger partial charge in [-0.15, -0.1) is 0 Å². The fraction of sp³-hybridized carbons (Fsp3) is 0.529. The first-order valence-corrected chi connectivity index (χ1v) is 8.21. The SMILES string of the molecule is O=C(Cc1[nH]nc2ccccc12)NCCCOC[C@H]1CCCO1. The average molecular weight is 317 g/mol. The van der Waals surface area contributed by atoms with Gasteiger partial charge in [-0.05, 0) is 25.3 Å². The third kappa shape index (κ3) is 4.53. The molecule has 2 heterocycles. The van der Waals surface area contributed by atoms with E-state index in [0.717, 1.165) is 42.5 Å². The summed E-state index contributed by atoms with van der Waals surface area (Å²) in [6, 6.07) is 7.79. The van der Waals surface area contributed by atoms with E-state index in [9.17, 15) is 4.79 Å². The van der Waals surface area contributed by atoms with Crippen LogP contribution < -0.4 is 5.32 Å². The maximum absolute atomic E-state index is 12.0. The van der Waals surface area contributed by atoms with Crippen molar-refractivity contribution in [2.24, 2.45) is 0 Å². The Bertz CT molecular complexity index is 635. The van der Waals surface area contributed by atoms with Crippen molar-refractivity contribution in [3.05, 3.63) is 30.0 Å². The van der Waals surface area contributed by atoms with Crippen LogP contribution in [-0.4, -0.2) is 48.6 Å². The van der Waals surface area contributed by atoms with E-state index in [4.69, 9.17) is 9.47 Å². The molecular weight excluding hydrogens is 294 g/mol. The number of rotatable bonds is 8. The summed E-state index contributed by atoms with van der Waals surface area (Å²) in [7, 11) is 0. The fourth-order valence-electron chi connectivity index (χ4n) is 2.76. The number of fused-ring (bicyclic) bond motifs is 1. The van der Waals surface area contributed by atoms with Gasteiger partial charge in [0.25, 0.3) is 0 Å². The molecule has 6 nitrogen and oxygen atoms in total. The van der Waals surface area contributed by atoms with Crippen LogP contribution in [0.3, 0.4) is 0 Å². The molecule has 1 aromatic heterocycles. The van der Waals surface area contributed by atoms with Gasteiger partial charge < -0.3 is 14.8 Å². The minimum Gasteiger partial charge on any atom is -0.379 e. The molecule has 0 spiro atoms. The number of amides is 1. The summed E-state index contributed by atoms with van der Waals surface area (Å²) in [5.74, 6) is -0.00136. The van der Waals surface area contributed by atoms with Crippen LogP contribution in [0.5, 0.6) is 0 Å². The van der Waals surface area contributed by atoms with Crippen LogP contribution in [0.15, 0.2) is 24.3 Å². The second-order valence-corrected chi connectivity index (χ2v) is 5.81. The molecule has 1 saturated heterocycles. The third-order valence-corrected chi connectivity index (χ3v) is 3.99. The Labute approximate surface area is 135 Å². The molecule has 1 fully saturated rings. The fourth-order valence-corrected chi connectivity index (χ4v) is 2.76. The first-order valence-electron chi connectivity index (χ1n) is 8.21. The highest BCUT2D eigenvalue weighted by molar-refractivity contribution is 5.87. The molecule has 0 aliphatic carbocycles. The van der Waals surface area contributed by atoms with Crippen molar-refractivity contribution in [1.29, 1.82) is 0 Å². The molecule has 2 N–H and O–H groups in total. The predicted molar refractivity (Wildman–Crippen MR) is 87.2 cm³/mol. The Hall–Kier alpha value is -1.92. The number of aromatic amines is 1. The highest BCUT2D eigenvalue weighted by atomic mass is 16.5. The van der Waals surface area contributed by atoms with E-state index >= 15 is 0 Å². The highest BCUT2D eigenvalue weighted by Crippen LogP contribution is 2.15. The molecule has 2 aromatic rings. The lowest BCUT2D eigenvalue weighted by Crippen LogP contribution is -2.27. The monoisotopic (exact) mass is 317 g/mol. The van der Waals surface area contributed by atoms with Crippen molar-refractivity contribution in [3.63, 3.8) is 0 Å². The first-order chi connectivity index (χ1) is 11.3. The summed E-state index contributed by atoms with van der Waals surface area (Å²) in [4.78, 5) is 12.0. The molecule has 23 heavy (non-hydrogen) atoms. The van der Waals surface area contributed by atoms with E-state index in [1.165, 1.54) is 0 Å². The topological polar surface area (TPSA) is 76.2 Å². The van der Waals surface area contributed by atoms with E-state index in [1.807, 2.05) is 24.3 Å². The van der Waals surface area contributed by atoms with Crippen LogP contribution >= 0.6 is 0 Å². The molecule has 1 aromatic carbocycles. The number of carbonyl (C=O) groups is 1. The maximum atomic E-state index is 12.0. The average Bonchev–Trinajstić information content (AvgIpc) is 3.21. The molecule has 1 aliphatic rings. The number of para-hydroxylation sites is 1. The lowest BCUT2D eigenvalue weighted by Gasteiger charge is -2.10. The van der Waals surface area contributed by atoms with Crippen LogP contribution in [0.1, 0.15) is 25.0 Å². The highest BCUT2D eigenvalue weighted by Gasteiger charge is 2.15. The van der Waals surface area contributed by atoms with Gasteiger partial charge in [-0.2, -0.15) is 5.10 Å². The molecule has 0 bridgehead atoms. The molecule has 0 saturated carbocycles. The summed E-state index contributed by atoms with van der Waals surface area (Å²) in [6.07, 6.45) is 3.61. The summed E-state index contributed by atoms with van der Waals surface area (Å²) in [5.41, 5.74) is 1.74. The second kappa shape index (κ2) is 8.08. The lowest BCUT2D eigenvalue weighted by atomic mass is 10.1. The van der Waals surface area contributed by atoms with Crippen LogP contribution in [0.4, 0.5) is 0 Å². The third-order valence-electron chi connectivity index (χ3n) is 3.99. The Morgan fingerprint density at radius 1 is 1.43 bits per heavy atom. The van der Waals surface area contributed by atoms with Crippen LogP contribution in [0, 0.1) is 0 Å². The van der Waals surface area contributed by atoms with Gasteiger partial charge in [-0.25, -0.2) is 0 Å². The predicted octanol–water partition coefficient (Wildman–Crippen LogP) is 1.81. The quantitative estimate of drug-likeness (QED) is 0.728. The zero-order valence-electron chi connectivity index (χ0n) is 13.2. The Kier molecular flexibility index (Phi) is 5.60. The Morgan fingerprint density at radius 3 is 3.22 bits per heavy atom. The summed E-state index contributed by atoms with van der Waals surface area (Å²) in [6.45, 7) is 2.78. The van der Waals surface area contributed by atoms with E-state index in [1.54, 1.807) is 0 Å². The minimum absolute atomic E-state index is 0.00136. The number of nitrogens with zero attached hydrogens (tertiary/aromatic N) is 1. The molecule has 6 heteroatoms. The zero-order chi connectivity index (χ0) is 15.9. The Balaban J connectivity index is 1.32. The second-order valence-electron chi connectivity index (χ2n) is 5.81. The molecule has 1 atom stereocenters. The van der Waals surface area contributed by atoms with E-state index in [2.05, 4.69) is 15.5 Å². The van der Waals surface area contributed by atoms with Crippen molar-refractivity contribution in [3.8, 4) is 0 Å². The lowest BCUT2D eigenvalue weighted by molar-refractivity contribution is -0.120. The van der Waals surface area contributed by atoms with Gasteiger partial charge in [0.15, 0.2) is 0 Å². The summed E-state index contributed by atoms with van der Waals surface area (Å²) >= 11 is 0. The van der Waals surface area contributed by atoms with Crippen LogP contribution in [0.25, 0.3) is 10.9 Å². The van der Waals surface area contributed by atoms with Gasteiger partial charge in [-0.1, -0.05) is 18.2 Å². The van der Waals surface area contributed by atoms with Gasteiger partial charge >= 0.3 is 0 Å². The van der Waals surface area contributed by atoms with E-state index < -0.39 is 0 Å². The van der Waals surface area contributed by atoms with Crippen molar-refractivity contribution < 1.29 is 14.3 Å². The smallest absolute Gasteiger partial charge is 0.226 e. The number of H-pyrrole nitrogens is 1. The van der Waals surface area contributed by atoms with E-state index in [0.29, 0.717) is 26.2 Å². The molecule has 1 aliphatic heterocycles. The molecule has 0 radical (unpaired) electrons. The maximum Gasteiger partial charge on any atom is 0.226 e. The van der Waals surface area contributed by atoms with Gasteiger partial charge in [-0.3, -0.25) is 9.89 Å². The van der Waals surface area contributed by atoms with Crippen LogP contribution in [-0.2, 0) is 20.7 Å². The standard InChI is InChI=1S/C17H23N3O3/c21-17(11-16-14-6-1-2-7-15(14)19-20-16)18-8-4-9-22-12-13-5-3-10-23-13/h1-2,6-7,13H,3-5,8-12H2,(H,18,21)(H,19,20)/t13-/m1/s1. The van der Waals surface area contributed by atoms with Gasteiger partial charge in [0.05, 0.1) is 30.3 Å². The number of hydrogen-bond acceptors (Lipinski definition) is 4. The molecular formula is C17H23N3O3. The van der Waals surface area contributed by atoms with Crippen molar-refractivity contribution >= 4 is 16.8 Å². The number of aromatic nitrogens is 2. The number of carbonyl (C=O) groups excluding carboxylic acids is 1. The van der Waals surface area contributed by atoms with Gasteiger partial charge in [0, 0.05) is 25.1 Å². The van der Waals surface area contributed by atoms with Crippen molar-refractivity contribution in [2.75, 3.05) is 26.4 Å². The molecule has 124 valence electrons. The van der Waals surface area contributed by atoms with Crippen LogP contribution in [0.2, 0.25) is 0 Å². The Morgan fingerprint density at radius 2 is 2.35 bits per heavy atom. The number of nitrogens with one attached hydrogen (secondary N) is 2. The molecule has 3 rings (SSSR count). The van der Waals surface area contributed by atoms with Crippen molar-refractivity contribution in [2.45, 2.75) is 31.8 Å². The van der Waals surface area contributed by atoms with Crippen molar-refractivity contribution in [1.82, 2.24) is 15.5 Å². The first kappa shape index (κ1) is 16.0. The normalized spacial score (nSPS) is 17.7. The zero-order valence-corrected chi connectivity index (χ0v) is 13.2. The number of benzene rings is 1. The van der Waals surface area contributed by atoms with Gasteiger partial charge in [0.1, 0.15) is 0 Å². The number of hydrogen-bond donors (Lipinski definition) is 2. The number of ether oxygens (including phenoxy) is 2. The summed E-state index contributed by atoms with van der Waals surface area (Å²) < 4.78 is 11.1. The van der Waals surface area contributed by atoms with E-state index in [-0.39, 0.29) is 12.0 Å².